The molecular weight excluding hydrogens is 345 g/mol. The largest absolute Gasteiger partial charge is 0.463 e. The third-order valence-corrected chi connectivity index (χ3v) is 4.95. The molecule has 5 heteroatoms. The lowest BCUT2D eigenvalue weighted by Gasteiger charge is -2.29. The molecule has 0 amide bonds. The second kappa shape index (κ2) is 6.50. The SMILES string of the molecule is CCOC(=O)C1=C(C)NC2=C(C(=O)c3ccccc32)[C@H]1c1ccc(F)cc1. The van der Waals surface area contributed by atoms with E-state index >= 15 is 0 Å². The van der Waals surface area contributed by atoms with Gasteiger partial charge >= 0.3 is 5.97 Å². The van der Waals surface area contributed by atoms with Crippen molar-refractivity contribution in [2.24, 2.45) is 0 Å². The highest BCUT2D eigenvalue weighted by Gasteiger charge is 2.42. The van der Waals surface area contributed by atoms with Gasteiger partial charge in [-0.05, 0) is 31.5 Å². The van der Waals surface area contributed by atoms with Crippen LogP contribution in [0.2, 0.25) is 0 Å². The minimum atomic E-state index is -0.610. The molecule has 0 bridgehead atoms. The first-order chi connectivity index (χ1) is 13.0. The Kier molecular flexibility index (Phi) is 4.15. The van der Waals surface area contributed by atoms with Crippen molar-refractivity contribution >= 4 is 17.4 Å². The van der Waals surface area contributed by atoms with Gasteiger partial charge in [0, 0.05) is 28.3 Å². The van der Waals surface area contributed by atoms with Gasteiger partial charge in [-0.15, -0.1) is 0 Å². The summed E-state index contributed by atoms with van der Waals surface area (Å²) in [5.74, 6) is -1.59. The summed E-state index contributed by atoms with van der Waals surface area (Å²) in [6.45, 7) is 3.75. The van der Waals surface area contributed by atoms with E-state index in [2.05, 4.69) is 5.32 Å². The molecule has 136 valence electrons. The molecule has 0 saturated heterocycles. The third-order valence-electron chi connectivity index (χ3n) is 4.95. The summed E-state index contributed by atoms with van der Waals surface area (Å²) in [7, 11) is 0. The topological polar surface area (TPSA) is 55.4 Å². The Labute approximate surface area is 156 Å². The minimum absolute atomic E-state index is 0.128. The molecule has 0 radical (unpaired) electrons. The summed E-state index contributed by atoms with van der Waals surface area (Å²) >= 11 is 0. The van der Waals surface area contributed by atoms with E-state index in [0.717, 1.165) is 5.56 Å². The van der Waals surface area contributed by atoms with E-state index in [-0.39, 0.29) is 18.2 Å². The summed E-state index contributed by atoms with van der Waals surface area (Å²) in [6, 6.07) is 13.2. The molecule has 1 aliphatic carbocycles. The number of dihydropyridines is 1. The van der Waals surface area contributed by atoms with Gasteiger partial charge in [0.25, 0.3) is 0 Å². The maximum absolute atomic E-state index is 13.5. The van der Waals surface area contributed by atoms with Crippen molar-refractivity contribution in [3.63, 3.8) is 0 Å². The molecule has 1 N–H and O–H groups in total. The van der Waals surface area contributed by atoms with E-state index < -0.39 is 11.9 Å². The van der Waals surface area contributed by atoms with Crippen LogP contribution in [0.25, 0.3) is 5.70 Å². The minimum Gasteiger partial charge on any atom is -0.463 e. The van der Waals surface area contributed by atoms with Gasteiger partial charge < -0.3 is 10.1 Å². The zero-order chi connectivity index (χ0) is 19.1. The molecule has 0 spiro atoms. The van der Waals surface area contributed by atoms with Crippen LogP contribution in [0, 0.1) is 5.82 Å². The first-order valence-electron chi connectivity index (χ1n) is 8.81. The number of carbonyl (C=O) groups excluding carboxylic acids is 2. The maximum Gasteiger partial charge on any atom is 0.336 e. The fourth-order valence-corrected chi connectivity index (χ4v) is 3.80. The summed E-state index contributed by atoms with van der Waals surface area (Å²) < 4.78 is 18.7. The Hall–Kier alpha value is -3.21. The molecule has 4 nitrogen and oxygen atoms in total. The van der Waals surface area contributed by atoms with Crippen LogP contribution in [0.1, 0.15) is 41.3 Å². The number of ketones is 1. The quantitative estimate of drug-likeness (QED) is 0.839. The van der Waals surface area contributed by atoms with Crippen LogP contribution in [0.5, 0.6) is 0 Å². The van der Waals surface area contributed by atoms with Crippen molar-refractivity contribution in [2.75, 3.05) is 6.61 Å². The summed E-state index contributed by atoms with van der Waals surface area (Å²) in [4.78, 5) is 25.9. The molecule has 27 heavy (non-hydrogen) atoms. The zero-order valence-electron chi connectivity index (χ0n) is 15.0. The molecule has 0 aromatic heterocycles. The third kappa shape index (κ3) is 2.67. The van der Waals surface area contributed by atoms with Gasteiger partial charge in [0.1, 0.15) is 5.82 Å². The second-order valence-corrected chi connectivity index (χ2v) is 6.53. The van der Waals surface area contributed by atoms with E-state index in [1.807, 2.05) is 18.2 Å². The number of Topliss-reactive ketones (excluding diaryl/α,β-unsaturated/α-hetero) is 1. The Morgan fingerprint density at radius 1 is 1.11 bits per heavy atom. The number of hydrogen-bond acceptors (Lipinski definition) is 4. The molecule has 4 rings (SSSR count). The monoisotopic (exact) mass is 363 g/mol. The average Bonchev–Trinajstić information content (AvgIpc) is 2.94. The molecule has 1 aliphatic heterocycles. The standard InChI is InChI=1S/C22H18FNO3/c1-3-27-22(26)17-12(2)24-20-15-6-4-5-7-16(15)21(25)19(20)18(17)13-8-10-14(23)11-9-13/h4-11,18,24H,3H2,1-2H3/t18-/m0/s1. The van der Waals surface area contributed by atoms with Crippen molar-refractivity contribution < 1.29 is 18.7 Å². The number of fused-ring (bicyclic) bond motifs is 2. The van der Waals surface area contributed by atoms with E-state index in [1.165, 1.54) is 12.1 Å². The van der Waals surface area contributed by atoms with Crippen molar-refractivity contribution in [2.45, 2.75) is 19.8 Å². The normalized spacial score (nSPS) is 18.2. The predicted molar refractivity (Wildman–Crippen MR) is 99.3 cm³/mol. The molecule has 0 unspecified atom stereocenters. The van der Waals surface area contributed by atoms with Gasteiger partial charge in [0.05, 0.1) is 17.9 Å². The molecule has 2 aliphatic rings. The molecule has 2 aromatic rings. The summed E-state index contributed by atoms with van der Waals surface area (Å²) in [5.41, 5.74) is 4.29. The fourth-order valence-electron chi connectivity index (χ4n) is 3.80. The van der Waals surface area contributed by atoms with Gasteiger partial charge in [-0.1, -0.05) is 36.4 Å². The zero-order valence-corrected chi connectivity index (χ0v) is 15.0. The van der Waals surface area contributed by atoms with Crippen molar-refractivity contribution in [3.8, 4) is 0 Å². The Morgan fingerprint density at radius 2 is 1.78 bits per heavy atom. The summed E-state index contributed by atoms with van der Waals surface area (Å²) in [6.07, 6.45) is 0. The molecule has 1 atom stereocenters. The van der Waals surface area contributed by atoms with Crippen molar-refractivity contribution in [3.05, 3.63) is 87.9 Å². The maximum atomic E-state index is 13.5. The summed E-state index contributed by atoms with van der Waals surface area (Å²) in [5, 5.41) is 3.23. The van der Waals surface area contributed by atoms with Crippen LogP contribution >= 0.6 is 0 Å². The lowest BCUT2D eigenvalue weighted by molar-refractivity contribution is -0.138. The first-order valence-corrected chi connectivity index (χ1v) is 8.81. The van der Waals surface area contributed by atoms with Crippen LogP contribution in [-0.2, 0) is 9.53 Å². The number of esters is 1. The second-order valence-electron chi connectivity index (χ2n) is 6.53. The van der Waals surface area contributed by atoms with E-state index in [4.69, 9.17) is 4.74 Å². The van der Waals surface area contributed by atoms with E-state index in [1.54, 1.807) is 32.0 Å². The number of halogens is 1. The van der Waals surface area contributed by atoms with Gasteiger partial charge in [-0.25, -0.2) is 9.18 Å². The van der Waals surface area contributed by atoms with Gasteiger partial charge in [-0.2, -0.15) is 0 Å². The molecule has 0 saturated carbocycles. The van der Waals surface area contributed by atoms with Gasteiger partial charge in [0.15, 0.2) is 5.78 Å². The van der Waals surface area contributed by atoms with Crippen LogP contribution in [0.3, 0.4) is 0 Å². The van der Waals surface area contributed by atoms with Gasteiger partial charge in [0.2, 0.25) is 0 Å². The van der Waals surface area contributed by atoms with Crippen LogP contribution in [0.4, 0.5) is 4.39 Å². The number of nitrogens with one attached hydrogen (secondary N) is 1. The number of carbonyl (C=O) groups is 2. The number of benzene rings is 2. The van der Waals surface area contributed by atoms with Crippen LogP contribution in [0.15, 0.2) is 65.4 Å². The smallest absolute Gasteiger partial charge is 0.336 e. The Bertz CT molecular complexity index is 1020. The average molecular weight is 363 g/mol. The molecule has 1 heterocycles. The number of allylic oxidation sites excluding steroid dienone is 2. The number of rotatable bonds is 3. The Morgan fingerprint density at radius 3 is 2.44 bits per heavy atom. The van der Waals surface area contributed by atoms with Gasteiger partial charge in [-0.3, -0.25) is 4.79 Å². The highest BCUT2D eigenvalue weighted by atomic mass is 19.1. The predicted octanol–water partition coefficient (Wildman–Crippen LogP) is 3.96. The number of hydrogen-bond donors (Lipinski definition) is 1. The van der Waals surface area contributed by atoms with Crippen molar-refractivity contribution in [1.82, 2.24) is 5.32 Å². The van der Waals surface area contributed by atoms with E-state index in [0.29, 0.717) is 33.7 Å². The van der Waals surface area contributed by atoms with Crippen LogP contribution < -0.4 is 5.32 Å². The highest BCUT2D eigenvalue weighted by Crippen LogP contribution is 2.46. The number of ether oxygens (including phenoxy) is 1. The van der Waals surface area contributed by atoms with Crippen molar-refractivity contribution in [1.29, 1.82) is 0 Å². The molecule has 2 aromatic carbocycles. The lowest BCUT2D eigenvalue weighted by Crippen LogP contribution is -2.29. The lowest BCUT2D eigenvalue weighted by atomic mass is 9.80. The van der Waals surface area contributed by atoms with Crippen LogP contribution in [-0.4, -0.2) is 18.4 Å². The first kappa shape index (κ1) is 17.2. The molecular formula is C22H18FNO3. The van der Waals surface area contributed by atoms with E-state index in [9.17, 15) is 14.0 Å². The molecule has 0 fully saturated rings. The highest BCUT2D eigenvalue weighted by molar-refractivity contribution is 6.23. The Balaban J connectivity index is 1.92. The fraction of sp³-hybridized carbons (Fsp3) is 0.182.